The molecule has 2 N–H and O–H groups in total. The number of ether oxygens (including phenoxy) is 1. The number of hydrogen-bond acceptors (Lipinski definition) is 4. The summed E-state index contributed by atoms with van der Waals surface area (Å²) in [6.45, 7) is 1.71. The van der Waals surface area contributed by atoms with E-state index in [1.54, 1.807) is 14.0 Å². The predicted molar refractivity (Wildman–Crippen MR) is 81.7 cm³/mol. The van der Waals surface area contributed by atoms with Crippen molar-refractivity contribution in [2.45, 2.75) is 50.3 Å². The SMILES string of the molecule is COC1CC(N)C[C@@H](CCc2ccccc2)C1(C)[N+](=O)[O-]. The molecule has 0 amide bonds. The van der Waals surface area contributed by atoms with Gasteiger partial charge < -0.3 is 10.5 Å². The van der Waals surface area contributed by atoms with Gasteiger partial charge in [0.1, 0.15) is 6.10 Å². The second-order valence-corrected chi connectivity index (χ2v) is 6.16. The lowest BCUT2D eigenvalue weighted by Gasteiger charge is -2.42. The number of hydrogen-bond donors (Lipinski definition) is 1. The average Bonchev–Trinajstić information content (AvgIpc) is 2.48. The van der Waals surface area contributed by atoms with E-state index in [2.05, 4.69) is 12.1 Å². The zero-order chi connectivity index (χ0) is 15.5. The molecule has 116 valence electrons. The molecule has 5 nitrogen and oxygen atoms in total. The highest BCUT2D eigenvalue weighted by Crippen LogP contribution is 2.39. The smallest absolute Gasteiger partial charge is 0.247 e. The lowest BCUT2D eigenvalue weighted by Crippen LogP contribution is -2.59. The number of nitro groups is 1. The van der Waals surface area contributed by atoms with E-state index in [0.717, 1.165) is 12.8 Å². The van der Waals surface area contributed by atoms with Gasteiger partial charge in [-0.1, -0.05) is 30.3 Å². The predicted octanol–water partition coefficient (Wildman–Crippen LogP) is 2.41. The Balaban J connectivity index is 2.15. The van der Waals surface area contributed by atoms with E-state index in [1.165, 1.54) is 5.56 Å². The van der Waals surface area contributed by atoms with Crippen molar-refractivity contribution in [3.63, 3.8) is 0 Å². The number of nitrogens with zero attached hydrogens (tertiary/aromatic N) is 1. The maximum atomic E-state index is 11.7. The van der Waals surface area contributed by atoms with Crippen molar-refractivity contribution in [3.05, 3.63) is 46.0 Å². The summed E-state index contributed by atoms with van der Waals surface area (Å²) in [5, 5.41) is 11.7. The highest BCUT2D eigenvalue weighted by atomic mass is 16.6. The van der Waals surface area contributed by atoms with E-state index in [4.69, 9.17) is 10.5 Å². The first kappa shape index (κ1) is 15.9. The van der Waals surface area contributed by atoms with Gasteiger partial charge in [0.25, 0.3) is 0 Å². The molecule has 5 heteroatoms. The molecule has 1 aliphatic rings. The highest BCUT2D eigenvalue weighted by molar-refractivity contribution is 5.15. The van der Waals surface area contributed by atoms with Gasteiger partial charge >= 0.3 is 0 Å². The third-order valence-electron chi connectivity index (χ3n) is 4.88. The number of methoxy groups -OCH3 is 1. The number of benzene rings is 1. The van der Waals surface area contributed by atoms with Crippen LogP contribution in [-0.2, 0) is 11.2 Å². The Kier molecular flexibility index (Phi) is 4.96. The Morgan fingerprint density at radius 1 is 1.38 bits per heavy atom. The average molecular weight is 292 g/mol. The maximum Gasteiger partial charge on any atom is 0.247 e. The van der Waals surface area contributed by atoms with Crippen molar-refractivity contribution in [3.8, 4) is 0 Å². The molecule has 0 saturated heterocycles. The zero-order valence-corrected chi connectivity index (χ0v) is 12.7. The van der Waals surface area contributed by atoms with Gasteiger partial charge in [-0.25, -0.2) is 0 Å². The zero-order valence-electron chi connectivity index (χ0n) is 12.7. The fourth-order valence-electron chi connectivity index (χ4n) is 3.47. The summed E-state index contributed by atoms with van der Waals surface area (Å²) < 4.78 is 5.40. The molecule has 0 aliphatic heterocycles. The summed E-state index contributed by atoms with van der Waals surface area (Å²) >= 11 is 0. The van der Waals surface area contributed by atoms with Crippen LogP contribution in [-0.4, -0.2) is 29.7 Å². The molecule has 21 heavy (non-hydrogen) atoms. The second kappa shape index (κ2) is 6.54. The van der Waals surface area contributed by atoms with Crippen LogP contribution in [0.5, 0.6) is 0 Å². The van der Waals surface area contributed by atoms with Crippen LogP contribution >= 0.6 is 0 Å². The van der Waals surface area contributed by atoms with Crippen molar-refractivity contribution in [1.29, 1.82) is 0 Å². The third-order valence-corrected chi connectivity index (χ3v) is 4.88. The molecule has 4 atom stereocenters. The van der Waals surface area contributed by atoms with E-state index in [9.17, 15) is 10.1 Å². The Morgan fingerprint density at radius 2 is 2.05 bits per heavy atom. The Labute approximate surface area is 125 Å². The van der Waals surface area contributed by atoms with Gasteiger partial charge in [0.2, 0.25) is 5.54 Å². The van der Waals surface area contributed by atoms with Crippen molar-refractivity contribution >= 4 is 0 Å². The van der Waals surface area contributed by atoms with E-state index in [-0.39, 0.29) is 16.9 Å². The van der Waals surface area contributed by atoms with Crippen molar-refractivity contribution in [2.24, 2.45) is 11.7 Å². The lowest BCUT2D eigenvalue weighted by atomic mass is 9.68. The Hall–Kier alpha value is -1.46. The van der Waals surface area contributed by atoms with Crippen LogP contribution in [0.15, 0.2) is 30.3 Å². The van der Waals surface area contributed by atoms with Gasteiger partial charge in [0.15, 0.2) is 0 Å². The molecule has 1 aromatic rings. The standard InChI is InChI=1S/C16H24N2O3/c1-16(18(19)20)13(10-14(17)11-15(16)21-2)9-8-12-6-4-3-5-7-12/h3-7,13-15H,8-11,17H2,1-2H3/t13-,14?,15?,16?/m1/s1. The van der Waals surface area contributed by atoms with Crippen molar-refractivity contribution in [1.82, 2.24) is 0 Å². The summed E-state index contributed by atoms with van der Waals surface area (Å²) in [4.78, 5) is 11.5. The molecule has 1 fully saturated rings. The largest absolute Gasteiger partial charge is 0.374 e. The minimum Gasteiger partial charge on any atom is -0.374 e. The Bertz CT molecular complexity index is 480. The molecule has 2 rings (SSSR count). The van der Waals surface area contributed by atoms with Gasteiger partial charge in [0.05, 0.1) is 0 Å². The van der Waals surface area contributed by atoms with Crippen LogP contribution < -0.4 is 5.73 Å². The van der Waals surface area contributed by atoms with Gasteiger partial charge in [-0.3, -0.25) is 10.1 Å². The van der Waals surface area contributed by atoms with E-state index < -0.39 is 11.6 Å². The topological polar surface area (TPSA) is 78.4 Å². The van der Waals surface area contributed by atoms with E-state index in [0.29, 0.717) is 12.8 Å². The lowest BCUT2D eigenvalue weighted by molar-refractivity contribution is -0.593. The summed E-state index contributed by atoms with van der Waals surface area (Å²) in [6, 6.07) is 10.0. The minimum atomic E-state index is -1.06. The molecule has 0 bridgehead atoms. The first-order valence-corrected chi connectivity index (χ1v) is 7.45. The van der Waals surface area contributed by atoms with Crippen molar-refractivity contribution < 1.29 is 9.66 Å². The molecule has 0 radical (unpaired) electrons. The number of nitrogens with two attached hydrogens (primary N) is 1. The van der Waals surface area contributed by atoms with Crippen LogP contribution in [0.2, 0.25) is 0 Å². The van der Waals surface area contributed by atoms with E-state index in [1.807, 2.05) is 18.2 Å². The molecular formula is C16H24N2O3. The van der Waals surface area contributed by atoms with Gasteiger partial charge in [-0.05, 0) is 31.2 Å². The first-order chi connectivity index (χ1) is 9.98. The fraction of sp³-hybridized carbons (Fsp3) is 0.625. The van der Waals surface area contributed by atoms with Crippen LogP contribution in [0.1, 0.15) is 31.7 Å². The molecular weight excluding hydrogens is 268 g/mol. The van der Waals surface area contributed by atoms with E-state index >= 15 is 0 Å². The quantitative estimate of drug-likeness (QED) is 0.667. The normalized spacial score (nSPS) is 32.8. The molecule has 0 aromatic heterocycles. The molecule has 0 heterocycles. The molecule has 1 aliphatic carbocycles. The number of rotatable bonds is 5. The molecule has 1 aromatic carbocycles. The summed E-state index contributed by atoms with van der Waals surface area (Å²) in [5.74, 6) is -0.0681. The fourth-order valence-corrected chi connectivity index (χ4v) is 3.47. The van der Waals surface area contributed by atoms with Gasteiger partial charge in [0, 0.05) is 30.9 Å². The van der Waals surface area contributed by atoms with Gasteiger partial charge in [-0.15, -0.1) is 0 Å². The van der Waals surface area contributed by atoms with Gasteiger partial charge in [-0.2, -0.15) is 0 Å². The second-order valence-electron chi connectivity index (χ2n) is 6.16. The van der Waals surface area contributed by atoms with Crippen LogP contribution in [0, 0.1) is 16.0 Å². The summed E-state index contributed by atoms with van der Waals surface area (Å²) in [6.07, 6.45) is 2.41. The monoisotopic (exact) mass is 292 g/mol. The van der Waals surface area contributed by atoms with Crippen LogP contribution in [0.25, 0.3) is 0 Å². The molecule has 3 unspecified atom stereocenters. The van der Waals surface area contributed by atoms with Crippen LogP contribution in [0.3, 0.4) is 0 Å². The molecule has 1 saturated carbocycles. The third kappa shape index (κ3) is 3.24. The Morgan fingerprint density at radius 3 is 2.62 bits per heavy atom. The maximum absolute atomic E-state index is 11.7. The van der Waals surface area contributed by atoms with Crippen LogP contribution in [0.4, 0.5) is 0 Å². The highest BCUT2D eigenvalue weighted by Gasteiger charge is 2.56. The summed E-state index contributed by atoms with van der Waals surface area (Å²) in [7, 11) is 1.54. The molecule has 0 spiro atoms. The minimum absolute atomic E-state index is 0.0243. The number of aryl methyl sites for hydroxylation is 1. The van der Waals surface area contributed by atoms with Crippen molar-refractivity contribution in [2.75, 3.05) is 7.11 Å². The first-order valence-electron chi connectivity index (χ1n) is 7.45. The summed E-state index contributed by atoms with van der Waals surface area (Å²) in [5.41, 5.74) is 6.23.